The molecule has 0 fully saturated rings. The highest BCUT2D eigenvalue weighted by molar-refractivity contribution is 5.94. The maximum Gasteiger partial charge on any atom is 0.326 e. The molecule has 0 saturated heterocycles. The number of amides is 3. The zero-order valence-electron chi connectivity index (χ0n) is 22.5. The van der Waals surface area contributed by atoms with E-state index in [2.05, 4.69) is 30.9 Å². The maximum atomic E-state index is 13.4. The summed E-state index contributed by atoms with van der Waals surface area (Å²) in [6, 6.07) is 0.354. The third kappa shape index (κ3) is 11.5. The summed E-state index contributed by atoms with van der Waals surface area (Å²) >= 11 is 0. The van der Waals surface area contributed by atoms with E-state index in [0.29, 0.717) is 11.3 Å². The largest absolute Gasteiger partial charge is 0.508 e. The second-order valence-corrected chi connectivity index (χ2v) is 9.33. The first-order valence-corrected chi connectivity index (χ1v) is 12.8. The van der Waals surface area contributed by atoms with Gasteiger partial charge in [-0.05, 0) is 30.5 Å². The molecule has 0 aliphatic carbocycles. The van der Waals surface area contributed by atoms with E-state index in [1.54, 1.807) is 0 Å². The van der Waals surface area contributed by atoms with Gasteiger partial charge < -0.3 is 53.5 Å². The van der Waals surface area contributed by atoms with E-state index in [4.69, 9.17) is 22.3 Å². The summed E-state index contributed by atoms with van der Waals surface area (Å²) in [7, 11) is 0. The average Bonchev–Trinajstić information content (AvgIpc) is 3.43. The van der Waals surface area contributed by atoms with Crippen molar-refractivity contribution in [2.24, 2.45) is 22.2 Å². The number of nitrogens with one attached hydrogen (secondary N) is 4. The number of phenols is 1. The van der Waals surface area contributed by atoms with Crippen molar-refractivity contribution in [3.8, 4) is 5.75 Å². The third-order valence-corrected chi connectivity index (χ3v) is 5.91. The summed E-state index contributed by atoms with van der Waals surface area (Å²) in [5.41, 5.74) is 17.2. The summed E-state index contributed by atoms with van der Waals surface area (Å²) in [4.78, 5) is 72.5. The Labute approximate surface area is 240 Å². The number of aromatic nitrogens is 2. The molecule has 0 bridgehead atoms. The molecule has 3 amide bonds. The number of nitrogens with zero attached hydrogens (tertiary/aromatic N) is 2. The second kappa shape index (κ2) is 16.2. The second-order valence-electron chi connectivity index (χ2n) is 9.33. The fourth-order valence-corrected chi connectivity index (χ4v) is 3.77. The number of aromatic hydroxyl groups is 1. The third-order valence-electron chi connectivity index (χ3n) is 5.91. The fourth-order valence-electron chi connectivity index (χ4n) is 3.77. The summed E-state index contributed by atoms with van der Waals surface area (Å²) in [6.07, 6.45) is 2.04. The van der Waals surface area contributed by atoms with Gasteiger partial charge in [0, 0.05) is 31.3 Å². The van der Waals surface area contributed by atoms with Gasteiger partial charge in [-0.15, -0.1) is 0 Å². The van der Waals surface area contributed by atoms with E-state index in [-0.39, 0.29) is 43.9 Å². The smallest absolute Gasteiger partial charge is 0.326 e. The number of carboxylic acids is 2. The van der Waals surface area contributed by atoms with E-state index < -0.39 is 60.2 Å². The minimum absolute atomic E-state index is 0.0146. The normalized spacial score (nSPS) is 13.5. The highest BCUT2D eigenvalue weighted by Crippen LogP contribution is 2.12. The van der Waals surface area contributed by atoms with Crippen LogP contribution in [0.25, 0.3) is 0 Å². The number of hydrogen-bond acceptors (Lipinski definition) is 9. The van der Waals surface area contributed by atoms with E-state index in [1.165, 1.54) is 36.8 Å². The Hall–Kier alpha value is -5.19. The van der Waals surface area contributed by atoms with Crippen LogP contribution in [0.1, 0.15) is 30.5 Å². The fraction of sp³-hybridized carbons (Fsp3) is 0.400. The molecule has 2 aromatic rings. The van der Waals surface area contributed by atoms with Crippen molar-refractivity contribution >= 4 is 35.6 Å². The van der Waals surface area contributed by atoms with Gasteiger partial charge in [0.15, 0.2) is 5.96 Å². The number of aliphatic imine (C=N–C) groups is 1. The molecule has 4 atom stereocenters. The molecular formula is C25H35N9O8. The molecule has 0 spiro atoms. The van der Waals surface area contributed by atoms with Crippen molar-refractivity contribution in [1.82, 2.24) is 25.9 Å². The quantitative estimate of drug-likeness (QED) is 0.0512. The molecule has 42 heavy (non-hydrogen) atoms. The number of aliphatic carboxylic acids is 2. The van der Waals surface area contributed by atoms with E-state index >= 15 is 0 Å². The number of carbonyl (C=O) groups excluding carboxylic acids is 3. The van der Waals surface area contributed by atoms with E-state index in [1.807, 2.05) is 0 Å². The van der Waals surface area contributed by atoms with Crippen molar-refractivity contribution < 1.29 is 39.3 Å². The van der Waals surface area contributed by atoms with Gasteiger partial charge in [0.05, 0.1) is 18.8 Å². The average molecular weight is 590 g/mol. The number of rotatable bonds is 17. The van der Waals surface area contributed by atoms with Gasteiger partial charge in [0.25, 0.3) is 0 Å². The predicted molar refractivity (Wildman–Crippen MR) is 148 cm³/mol. The Balaban J connectivity index is 2.27. The maximum absolute atomic E-state index is 13.4. The van der Waals surface area contributed by atoms with Gasteiger partial charge >= 0.3 is 11.9 Å². The number of H-pyrrole nitrogens is 1. The van der Waals surface area contributed by atoms with Crippen LogP contribution in [0.5, 0.6) is 5.75 Å². The number of guanidine groups is 1. The number of nitrogens with two attached hydrogens (primary N) is 3. The lowest BCUT2D eigenvalue weighted by atomic mass is 10.0. The first-order valence-electron chi connectivity index (χ1n) is 12.8. The molecule has 13 N–H and O–H groups in total. The molecule has 0 radical (unpaired) electrons. The predicted octanol–water partition coefficient (Wildman–Crippen LogP) is -2.70. The molecule has 1 aromatic heterocycles. The van der Waals surface area contributed by atoms with Crippen molar-refractivity contribution in [3.05, 3.63) is 48.0 Å². The van der Waals surface area contributed by atoms with Crippen LogP contribution < -0.4 is 33.2 Å². The van der Waals surface area contributed by atoms with Gasteiger partial charge in [-0.25, -0.2) is 9.78 Å². The highest BCUT2D eigenvalue weighted by atomic mass is 16.4. The molecule has 228 valence electrons. The van der Waals surface area contributed by atoms with Gasteiger partial charge in [-0.3, -0.25) is 24.2 Å². The topological polar surface area (TPSA) is 301 Å². The lowest BCUT2D eigenvalue weighted by Crippen LogP contribution is -2.58. The number of phenolic OH excluding ortho intramolecular Hbond substituents is 1. The Kier molecular flexibility index (Phi) is 12.7. The number of imidazole rings is 1. The molecule has 1 heterocycles. The number of benzene rings is 1. The Morgan fingerprint density at radius 3 is 2.10 bits per heavy atom. The molecular weight excluding hydrogens is 554 g/mol. The molecule has 0 aliphatic rings. The number of aromatic amines is 1. The lowest BCUT2D eigenvalue weighted by Gasteiger charge is -2.25. The zero-order chi connectivity index (χ0) is 31.2. The standard InChI is InChI=1S/C25H35N9O8/c26-16(10-20(36)37)21(38)32-17(2-1-7-30-25(27)28)22(39)33-18(8-13-3-5-15(35)6-4-13)23(40)34-19(24(41)42)9-14-11-29-12-31-14/h3-6,11-12,16-19,35H,1-2,7-10,26H2,(H,29,31)(H,32,38)(H,33,39)(H,34,40)(H,36,37)(H,41,42)(H4,27,28,30). The number of carboxylic acid groups (broad SMARTS) is 2. The summed E-state index contributed by atoms with van der Waals surface area (Å²) < 4.78 is 0. The van der Waals surface area contributed by atoms with Crippen molar-refractivity contribution in [2.45, 2.75) is 56.3 Å². The van der Waals surface area contributed by atoms with Crippen LogP contribution in [0.2, 0.25) is 0 Å². The molecule has 4 unspecified atom stereocenters. The van der Waals surface area contributed by atoms with Crippen LogP contribution in [-0.4, -0.2) is 91.6 Å². The van der Waals surface area contributed by atoms with Crippen LogP contribution in [0.15, 0.2) is 41.8 Å². The van der Waals surface area contributed by atoms with Crippen molar-refractivity contribution in [2.75, 3.05) is 6.54 Å². The van der Waals surface area contributed by atoms with Crippen LogP contribution in [0.3, 0.4) is 0 Å². The molecule has 17 heteroatoms. The molecule has 17 nitrogen and oxygen atoms in total. The van der Waals surface area contributed by atoms with Crippen LogP contribution in [0, 0.1) is 0 Å². The van der Waals surface area contributed by atoms with E-state index in [9.17, 15) is 34.2 Å². The monoisotopic (exact) mass is 589 g/mol. The van der Waals surface area contributed by atoms with Crippen LogP contribution in [0.4, 0.5) is 0 Å². The Morgan fingerprint density at radius 1 is 0.905 bits per heavy atom. The molecule has 0 saturated carbocycles. The van der Waals surface area contributed by atoms with Gasteiger partial charge in [0.1, 0.15) is 23.9 Å². The van der Waals surface area contributed by atoms with Crippen molar-refractivity contribution in [3.63, 3.8) is 0 Å². The highest BCUT2D eigenvalue weighted by Gasteiger charge is 2.31. The van der Waals surface area contributed by atoms with Gasteiger partial charge in [-0.1, -0.05) is 12.1 Å². The van der Waals surface area contributed by atoms with E-state index in [0.717, 1.165) is 0 Å². The first kappa shape index (κ1) is 33.0. The summed E-state index contributed by atoms with van der Waals surface area (Å²) in [5.74, 6) is -5.44. The minimum atomic E-state index is -1.45. The lowest BCUT2D eigenvalue weighted by molar-refractivity contribution is -0.142. The van der Waals surface area contributed by atoms with Crippen molar-refractivity contribution in [1.29, 1.82) is 0 Å². The minimum Gasteiger partial charge on any atom is -0.508 e. The Morgan fingerprint density at radius 2 is 1.52 bits per heavy atom. The molecule has 2 rings (SSSR count). The first-order chi connectivity index (χ1) is 19.8. The van der Waals surface area contributed by atoms with Crippen LogP contribution >= 0.6 is 0 Å². The van der Waals surface area contributed by atoms with Crippen LogP contribution in [-0.2, 0) is 36.8 Å². The SMILES string of the molecule is NC(N)=NCCCC(NC(=O)C(N)CC(=O)O)C(=O)NC(Cc1ccc(O)cc1)C(=O)NC(Cc1cnc[nH]1)C(=O)O. The molecule has 1 aromatic carbocycles. The summed E-state index contributed by atoms with van der Waals surface area (Å²) in [5, 5.41) is 35.6. The van der Waals surface area contributed by atoms with Gasteiger partial charge in [0.2, 0.25) is 17.7 Å². The molecule has 0 aliphatic heterocycles. The number of hydrogen-bond donors (Lipinski definition) is 10. The Bertz CT molecular complexity index is 1250. The summed E-state index contributed by atoms with van der Waals surface area (Å²) in [6.45, 7) is 0.106. The van der Waals surface area contributed by atoms with Gasteiger partial charge in [-0.2, -0.15) is 0 Å². The number of carbonyl (C=O) groups is 5. The zero-order valence-corrected chi connectivity index (χ0v) is 22.5.